The predicted octanol–water partition coefficient (Wildman–Crippen LogP) is 5.75. The van der Waals surface area contributed by atoms with Crippen molar-refractivity contribution in [2.75, 3.05) is 16.2 Å². The maximum absolute atomic E-state index is 13.5. The third-order valence-electron chi connectivity index (χ3n) is 4.60. The maximum atomic E-state index is 13.5. The summed E-state index contributed by atoms with van der Waals surface area (Å²) in [7, 11) is -4.71. The molecule has 8 nitrogen and oxygen atoms in total. The van der Waals surface area contributed by atoms with Crippen molar-refractivity contribution in [2.24, 2.45) is 0 Å². The minimum Gasteiger partial charge on any atom is -0.324 e. The lowest BCUT2D eigenvalue weighted by molar-refractivity contribution is -0.385. The van der Waals surface area contributed by atoms with E-state index in [0.717, 1.165) is 36.4 Å². The van der Waals surface area contributed by atoms with Crippen LogP contribution in [0.15, 0.2) is 71.6 Å². The summed E-state index contributed by atoms with van der Waals surface area (Å²) in [4.78, 5) is 22.4. The number of alkyl halides is 3. The second-order valence-electron chi connectivity index (χ2n) is 6.95. The molecule has 0 aliphatic heterocycles. The van der Waals surface area contributed by atoms with Crippen molar-refractivity contribution < 1.29 is 31.3 Å². The summed E-state index contributed by atoms with van der Waals surface area (Å²) < 4.78 is 67.3. The number of carbonyl (C=O) groups is 1. The molecule has 0 aliphatic carbocycles. The predicted molar refractivity (Wildman–Crippen MR) is 124 cm³/mol. The van der Waals surface area contributed by atoms with E-state index in [1.165, 1.54) is 30.3 Å². The fraction of sp³-hybridized carbons (Fsp3) is 0.0952. The number of amides is 1. The summed E-state index contributed by atoms with van der Waals surface area (Å²) in [6.07, 6.45) is -4.78. The van der Waals surface area contributed by atoms with Crippen LogP contribution in [0.5, 0.6) is 0 Å². The molecule has 0 aliphatic rings. The zero-order chi connectivity index (χ0) is 26.0. The van der Waals surface area contributed by atoms with Crippen LogP contribution in [0, 0.1) is 10.1 Å². The van der Waals surface area contributed by atoms with Gasteiger partial charge in [-0.25, -0.2) is 8.42 Å². The lowest BCUT2D eigenvalue weighted by atomic mass is 10.1. The first-order valence-electron chi connectivity index (χ1n) is 9.49. The van der Waals surface area contributed by atoms with Crippen LogP contribution in [0.2, 0.25) is 10.0 Å². The van der Waals surface area contributed by atoms with Crippen molar-refractivity contribution in [2.45, 2.75) is 11.1 Å². The molecule has 0 heterocycles. The molecule has 0 saturated heterocycles. The third-order valence-corrected chi connectivity index (χ3v) is 7.11. The van der Waals surface area contributed by atoms with Crippen LogP contribution in [0.1, 0.15) is 5.56 Å². The molecule has 0 fully saturated rings. The Morgan fingerprint density at radius 2 is 1.66 bits per heavy atom. The monoisotopic (exact) mass is 547 g/mol. The SMILES string of the molecule is O=C(CN(c1ccc(Cl)cc1)S(=O)(=O)c1cc([N+](=O)[O-])ccc1Cl)Nc1ccccc1C(F)(F)F. The number of sulfonamides is 1. The number of hydrogen-bond acceptors (Lipinski definition) is 5. The Morgan fingerprint density at radius 3 is 2.26 bits per heavy atom. The second kappa shape index (κ2) is 10.1. The van der Waals surface area contributed by atoms with Gasteiger partial charge in [0.1, 0.15) is 11.4 Å². The number of non-ortho nitro benzene ring substituents is 1. The highest BCUT2D eigenvalue weighted by atomic mass is 35.5. The Kier molecular flexibility index (Phi) is 7.58. The van der Waals surface area contributed by atoms with Crippen LogP contribution in [0.4, 0.5) is 30.2 Å². The highest BCUT2D eigenvalue weighted by Crippen LogP contribution is 2.35. The van der Waals surface area contributed by atoms with Crippen LogP contribution < -0.4 is 9.62 Å². The molecule has 14 heteroatoms. The van der Waals surface area contributed by atoms with Gasteiger partial charge in [-0.1, -0.05) is 35.3 Å². The quantitative estimate of drug-likeness (QED) is 0.299. The van der Waals surface area contributed by atoms with Crippen molar-refractivity contribution in [1.82, 2.24) is 0 Å². The number of anilines is 2. The van der Waals surface area contributed by atoms with E-state index in [0.29, 0.717) is 4.31 Å². The molecule has 0 atom stereocenters. The normalized spacial score (nSPS) is 11.7. The molecule has 0 aromatic heterocycles. The van der Waals surface area contributed by atoms with Crippen LogP contribution >= 0.6 is 23.2 Å². The summed E-state index contributed by atoms with van der Waals surface area (Å²) in [6.45, 7) is -0.977. The van der Waals surface area contributed by atoms with Gasteiger partial charge in [-0.2, -0.15) is 13.2 Å². The first-order chi connectivity index (χ1) is 16.3. The number of rotatable bonds is 7. The number of benzene rings is 3. The van der Waals surface area contributed by atoms with Gasteiger partial charge in [0.2, 0.25) is 5.91 Å². The van der Waals surface area contributed by atoms with Crippen LogP contribution in [0.25, 0.3) is 0 Å². The zero-order valence-electron chi connectivity index (χ0n) is 17.3. The van der Waals surface area contributed by atoms with Gasteiger partial charge in [0.15, 0.2) is 0 Å². The van der Waals surface area contributed by atoms with Gasteiger partial charge in [-0.3, -0.25) is 19.2 Å². The lowest BCUT2D eigenvalue weighted by Gasteiger charge is -2.25. The highest BCUT2D eigenvalue weighted by Gasteiger charge is 2.35. The number of carbonyl (C=O) groups excluding carboxylic acids is 1. The molecular weight excluding hydrogens is 534 g/mol. The Balaban J connectivity index is 2.04. The largest absolute Gasteiger partial charge is 0.418 e. The summed E-state index contributed by atoms with van der Waals surface area (Å²) in [5, 5.41) is 13.1. The zero-order valence-corrected chi connectivity index (χ0v) is 19.6. The molecule has 3 aromatic rings. The number of halogens is 5. The number of hydrogen-bond donors (Lipinski definition) is 1. The minimum atomic E-state index is -4.78. The molecule has 0 saturated carbocycles. The molecule has 1 amide bonds. The number of para-hydroxylation sites is 1. The van der Waals surface area contributed by atoms with Crippen molar-refractivity contribution in [3.63, 3.8) is 0 Å². The van der Waals surface area contributed by atoms with Gasteiger partial charge in [0.25, 0.3) is 15.7 Å². The van der Waals surface area contributed by atoms with E-state index >= 15 is 0 Å². The molecule has 3 rings (SSSR count). The third kappa shape index (κ3) is 6.02. The van der Waals surface area contributed by atoms with E-state index in [9.17, 15) is 36.5 Å². The first kappa shape index (κ1) is 26.3. The highest BCUT2D eigenvalue weighted by molar-refractivity contribution is 7.93. The molecule has 0 unspecified atom stereocenters. The number of nitro groups is 1. The maximum Gasteiger partial charge on any atom is 0.418 e. The molecule has 1 N–H and O–H groups in total. The van der Waals surface area contributed by atoms with E-state index in [-0.39, 0.29) is 15.7 Å². The van der Waals surface area contributed by atoms with Crippen LogP contribution in [-0.4, -0.2) is 25.8 Å². The van der Waals surface area contributed by atoms with Crippen molar-refractivity contribution >= 4 is 56.2 Å². The van der Waals surface area contributed by atoms with Gasteiger partial charge >= 0.3 is 6.18 Å². The van der Waals surface area contributed by atoms with E-state index in [1.54, 1.807) is 0 Å². The van der Waals surface area contributed by atoms with Crippen LogP contribution in [0.3, 0.4) is 0 Å². The van der Waals surface area contributed by atoms with Crippen molar-refractivity contribution in [1.29, 1.82) is 0 Å². The lowest BCUT2D eigenvalue weighted by Crippen LogP contribution is -2.38. The molecule has 35 heavy (non-hydrogen) atoms. The molecule has 184 valence electrons. The fourth-order valence-electron chi connectivity index (χ4n) is 3.00. The summed E-state index contributed by atoms with van der Waals surface area (Å²) >= 11 is 11.9. The number of nitrogens with one attached hydrogen (secondary N) is 1. The average Bonchev–Trinajstić information content (AvgIpc) is 2.77. The molecular formula is C21H14Cl2F3N3O5S. The standard InChI is InChI=1S/C21H14Cl2F3N3O5S/c22-13-5-7-14(8-6-13)28(35(33,34)19-11-15(29(31)32)9-10-17(19)23)12-20(30)27-18-4-2-1-3-16(18)21(24,25)26/h1-11H,12H2,(H,27,30). The smallest absolute Gasteiger partial charge is 0.324 e. The molecule has 0 bridgehead atoms. The van der Waals surface area contributed by atoms with E-state index in [4.69, 9.17) is 23.2 Å². The van der Waals surface area contributed by atoms with E-state index < -0.39 is 55.4 Å². The van der Waals surface area contributed by atoms with Gasteiger partial charge in [0, 0.05) is 17.2 Å². The Labute approximate surface area is 207 Å². The second-order valence-corrected chi connectivity index (χ2v) is 9.63. The summed E-state index contributed by atoms with van der Waals surface area (Å²) in [5.74, 6) is -1.11. The average molecular weight is 548 g/mol. The molecule has 0 spiro atoms. The topological polar surface area (TPSA) is 110 Å². The summed E-state index contributed by atoms with van der Waals surface area (Å²) in [6, 6.07) is 12.0. The fourth-order valence-corrected chi connectivity index (χ4v) is 5.05. The van der Waals surface area contributed by atoms with E-state index in [2.05, 4.69) is 5.32 Å². The van der Waals surface area contributed by atoms with Crippen molar-refractivity contribution in [3.8, 4) is 0 Å². The van der Waals surface area contributed by atoms with Crippen molar-refractivity contribution in [3.05, 3.63) is 92.5 Å². The number of nitrogens with zero attached hydrogens (tertiary/aromatic N) is 2. The minimum absolute atomic E-state index is 0.0868. The number of nitro benzene ring substituents is 1. The first-order valence-corrected chi connectivity index (χ1v) is 11.7. The van der Waals surface area contributed by atoms with E-state index in [1.807, 2.05) is 0 Å². The van der Waals surface area contributed by atoms with Gasteiger partial charge < -0.3 is 5.32 Å². The van der Waals surface area contributed by atoms with Gasteiger partial charge in [-0.15, -0.1) is 0 Å². The Hall–Kier alpha value is -3.35. The Morgan fingerprint density at radius 1 is 1.03 bits per heavy atom. The molecule has 3 aromatic carbocycles. The molecule has 0 radical (unpaired) electrons. The summed E-state index contributed by atoms with van der Waals surface area (Å²) in [5.41, 5.74) is -2.37. The van der Waals surface area contributed by atoms with Gasteiger partial charge in [0.05, 0.1) is 26.9 Å². The van der Waals surface area contributed by atoms with Crippen LogP contribution in [-0.2, 0) is 21.0 Å². The Bertz CT molecular complexity index is 1380. The van der Waals surface area contributed by atoms with Gasteiger partial charge in [-0.05, 0) is 42.5 Å².